The monoisotopic (exact) mass is 184 g/mol. The van der Waals surface area contributed by atoms with Gasteiger partial charge >= 0.3 is 5.97 Å². The number of thiophene rings is 1. The van der Waals surface area contributed by atoms with Crippen molar-refractivity contribution in [1.82, 2.24) is 0 Å². The molecular formula is C9H12O2S. The highest BCUT2D eigenvalue weighted by molar-refractivity contribution is 7.08. The molecule has 12 heavy (non-hydrogen) atoms. The summed E-state index contributed by atoms with van der Waals surface area (Å²) >= 11 is 1.54. The molecular weight excluding hydrogens is 172 g/mol. The van der Waals surface area contributed by atoms with Crippen molar-refractivity contribution in [1.29, 1.82) is 0 Å². The van der Waals surface area contributed by atoms with Crippen LogP contribution >= 0.6 is 11.3 Å². The summed E-state index contributed by atoms with van der Waals surface area (Å²) in [5.41, 5.74) is 1.78. The minimum atomic E-state index is -0.236. The molecule has 0 amide bonds. The lowest BCUT2D eigenvalue weighted by molar-refractivity contribution is 0.0600. The van der Waals surface area contributed by atoms with Crippen molar-refractivity contribution in [2.75, 3.05) is 7.11 Å². The van der Waals surface area contributed by atoms with Crippen molar-refractivity contribution < 1.29 is 9.53 Å². The molecule has 0 spiro atoms. The van der Waals surface area contributed by atoms with Crippen LogP contribution in [0.15, 0.2) is 10.8 Å². The van der Waals surface area contributed by atoms with Gasteiger partial charge in [0.05, 0.1) is 12.7 Å². The minimum Gasteiger partial charge on any atom is -0.465 e. The molecule has 0 N–H and O–H groups in total. The van der Waals surface area contributed by atoms with Crippen LogP contribution in [0.3, 0.4) is 0 Å². The van der Waals surface area contributed by atoms with E-state index >= 15 is 0 Å². The maximum atomic E-state index is 11.2. The third-order valence-corrected chi connectivity index (χ3v) is 2.48. The molecule has 3 heteroatoms. The third-order valence-electron chi connectivity index (χ3n) is 1.72. The molecule has 1 aromatic heterocycles. The number of hydrogen-bond acceptors (Lipinski definition) is 3. The third kappa shape index (κ3) is 1.67. The van der Waals surface area contributed by atoms with Gasteiger partial charge in [-0.25, -0.2) is 4.79 Å². The van der Waals surface area contributed by atoms with E-state index in [0.29, 0.717) is 11.5 Å². The van der Waals surface area contributed by atoms with Gasteiger partial charge in [0.2, 0.25) is 0 Å². The fourth-order valence-electron chi connectivity index (χ4n) is 1.03. The van der Waals surface area contributed by atoms with Crippen LogP contribution in [0, 0.1) is 0 Å². The van der Waals surface area contributed by atoms with Crippen molar-refractivity contribution in [2.45, 2.75) is 19.8 Å². The second-order valence-electron chi connectivity index (χ2n) is 2.89. The van der Waals surface area contributed by atoms with Gasteiger partial charge in [-0.05, 0) is 16.9 Å². The Morgan fingerprint density at radius 2 is 2.17 bits per heavy atom. The fourth-order valence-corrected chi connectivity index (χ4v) is 2.01. The average molecular weight is 184 g/mol. The Labute approximate surface area is 76.2 Å². The molecule has 0 atom stereocenters. The lowest BCUT2D eigenvalue weighted by Crippen LogP contribution is -2.03. The highest BCUT2D eigenvalue weighted by Gasteiger charge is 2.14. The van der Waals surface area contributed by atoms with Crippen molar-refractivity contribution >= 4 is 17.3 Å². The van der Waals surface area contributed by atoms with Crippen LogP contribution in [-0.4, -0.2) is 13.1 Å². The first kappa shape index (κ1) is 9.26. The first-order valence-corrected chi connectivity index (χ1v) is 4.75. The lowest BCUT2D eigenvalue weighted by Gasteiger charge is -2.04. The zero-order valence-corrected chi connectivity index (χ0v) is 8.27. The number of esters is 1. The summed E-state index contributed by atoms with van der Waals surface area (Å²) in [5, 5.41) is 3.83. The average Bonchev–Trinajstić information content (AvgIpc) is 2.50. The van der Waals surface area contributed by atoms with Crippen molar-refractivity contribution in [3.63, 3.8) is 0 Å². The highest BCUT2D eigenvalue weighted by Crippen LogP contribution is 2.23. The van der Waals surface area contributed by atoms with Gasteiger partial charge in [0.15, 0.2) is 0 Å². The predicted octanol–water partition coefficient (Wildman–Crippen LogP) is 2.66. The van der Waals surface area contributed by atoms with Gasteiger partial charge in [0, 0.05) is 5.38 Å². The normalized spacial score (nSPS) is 10.3. The highest BCUT2D eigenvalue weighted by atomic mass is 32.1. The zero-order valence-electron chi connectivity index (χ0n) is 7.46. The molecule has 2 nitrogen and oxygen atoms in total. The van der Waals surface area contributed by atoms with Gasteiger partial charge in [-0.2, -0.15) is 11.3 Å². The van der Waals surface area contributed by atoms with Crippen LogP contribution < -0.4 is 0 Å². The summed E-state index contributed by atoms with van der Waals surface area (Å²) in [6.07, 6.45) is 0. The summed E-state index contributed by atoms with van der Waals surface area (Å²) < 4.78 is 4.65. The predicted molar refractivity (Wildman–Crippen MR) is 49.7 cm³/mol. The molecule has 0 radical (unpaired) electrons. The number of carbonyl (C=O) groups is 1. The molecule has 1 heterocycles. The molecule has 0 saturated heterocycles. The maximum Gasteiger partial charge on any atom is 0.338 e. The van der Waals surface area contributed by atoms with Crippen LogP contribution in [0.25, 0.3) is 0 Å². The zero-order chi connectivity index (χ0) is 9.14. The molecule has 0 aliphatic heterocycles. The van der Waals surface area contributed by atoms with Gasteiger partial charge < -0.3 is 4.74 Å². The van der Waals surface area contributed by atoms with E-state index < -0.39 is 0 Å². The molecule has 0 fully saturated rings. The molecule has 0 aliphatic rings. The van der Waals surface area contributed by atoms with E-state index in [-0.39, 0.29) is 5.97 Å². The number of methoxy groups -OCH3 is 1. The number of ether oxygens (including phenoxy) is 1. The van der Waals surface area contributed by atoms with Crippen LogP contribution in [0.1, 0.15) is 35.7 Å². The Kier molecular flexibility index (Phi) is 2.87. The van der Waals surface area contributed by atoms with E-state index in [4.69, 9.17) is 0 Å². The van der Waals surface area contributed by atoms with E-state index in [1.165, 1.54) is 18.4 Å². The van der Waals surface area contributed by atoms with E-state index in [1.807, 2.05) is 10.8 Å². The summed E-state index contributed by atoms with van der Waals surface area (Å²) in [6, 6.07) is 0. The summed E-state index contributed by atoms with van der Waals surface area (Å²) in [4.78, 5) is 11.2. The first-order chi connectivity index (χ1) is 5.66. The van der Waals surface area contributed by atoms with Gasteiger partial charge in [-0.15, -0.1) is 0 Å². The Balaban J connectivity index is 2.99. The molecule has 0 aliphatic carbocycles. The molecule has 1 aromatic rings. The van der Waals surface area contributed by atoms with Crippen molar-refractivity contribution in [2.24, 2.45) is 0 Å². The van der Waals surface area contributed by atoms with Crippen molar-refractivity contribution in [3.8, 4) is 0 Å². The Morgan fingerprint density at radius 1 is 1.50 bits per heavy atom. The van der Waals surface area contributed by atoms with Crippen LogP contribution in [0.5, 0.6) is 0 Å². The number of hydrogen-bond donors (Lipinski definition) is 0. The van der Waals surface area contributed by atoms with E-state index in [2.05, 4.69) is 18.6 Å². The summed E-state index contributed by atoms with van der Waals surface area (Å²) in [7, 11) is 1.41. The second-order valence-corrected chi connectivity index (χ2v) is 3.63. The van der Waals surface area contributed by atoms with Gasteiger partial charge in [0.1, 0.15) is 0 Å². The fraction of sp³-hybridized carbons (Fsp3) is 0.444. The Hall–Kier alpha value is -0.830. The molecule has 0 saturated carbocycles. The maximum absolute atomic E-state index is 11.2. The van der Waals surface area contributed by atoms with E-state index in [0.717, 1.165) is 5.56 Å². The molecule has 1 rings (SSSR count). The van der Waals surface area contributed by atoms with Crippen LogP contribution in [0.4, 0.5) is 0 Å². The lowest BCUT2D eigenvalue weighted by atomic mass is 10.0. The molecule has 0 aromatic carbocycles. The number of carbonyl (C=O) groups excluding carboxylic acids is 1. The quantitative estimate of drug-likeness (QED) is 0.660. The van der Waals surface area contributed by atoms with Crippen LogP contribution in [0.2, 0.25) is 0 Å². The molecule has 0 bridgehead atoms. The van der Waals surface area contributed by atoms with E-state index in [9.17, 15) is 4.79 Å². The van der Waals surface area contributed by atoms with Crippen LogP contribution in [-0.2, 0) is 4.74 Å². The first-order valence-electron chi connectivity index (χ1n) is 3.81. The standard InChI is InChI=1S/C9H12O2S/c1-6(2)7-4-12-5-8(7)9(10)11-3/h4-6H,1-3H3. The summed E-state index contributed by atoms with van der Waals surface area (Å²) in [6.45, 7) is 4.13. The molecule has 66 valence electrons. The van der Waals surface area contributed by atoms with Gasteiger partial charge in [-0.3, -0.25) is 0 Å². The number of rotatable bonds is 2. The smallest absolute Gasteiger partial charge is 0.338 e. The van der Waals surface area contributed by atoms with Gasteiger partial charge in [0.25, 0.3) is 0 Å². The van der Waals surface area contributed by atoms with Crippen molar-refractivity contribution in [3.05, 3.63) is 21.9 Å². The largest absolute Gasteiger partial charge is 0.465 e. The Morgan fingerprint density at radius 3 is 2.67 bits per heavy atom. The van der Waals surface area contributed by atoms with E-state index in [1.54, 1.807) is 0 Å². The minimum absolute atomic E-state index is 0.236. The SMILES string of the molecule is COC(=O)c1cscc1C(C)C. The van der Waals surface area contributed by atoms with Gasteiger partial charge in [-0.1, -0.05) is 13.8 Å². The Bertz CT molecular complexity index is 276. The summed E-state index contributed by atoms with van der Waals surface area (Å²) in [5.74, 6) is 0.144. The molecule has 0 unspecified atom stereocenters. The topological polar surface area (TPSA) is 26.3 Å². The second kappa shape index (κ2) is 3.72.